The van der Waals surface area contributed by atoms with E-state index in [4.69, 9.17) is 0 Å². The molecular weight excluding hydrogens is 266 g/mol. The van der Waals surface area contributed by atoms with E-state index in [2.05, 4.69) is 12.2 Å². The second-order valence-corrected chi connectivity index (χ2v) is 7.72. The van der Waals surface area contributed by atoms with Crippen LogP contribution in [0.5, 0.6) is 0 Å². The number of hydrogen-bond donors (Lipinski definition) is 1. The van der Waals surface area contributed by atoms with Gasteiger partial charge in [0.25, 0.3) is 0 Å². The first-order valence-electron chi connectivity index (χ1n) is 6.58. The third-order valence-corrected chi connectivity index (χ3v) is 6.89. The maximum atomic E-state index is 12.6. The Labute approximate surface area is 115 Å². The Morgan fingerprint density at radius 1 is 1.33 bits per heavy atom. The summed E-state index contributed by atoms with van der Waals surface area (Å²) in [4.78, 5) is 0. The minimum absolute atomic E-state index is 0.0529. The lowest BCUT2D eigenvalue weighted by Crippen LogP contribution is -2.43. The molecule has 104 valence electrons. The van der Waals surface area contributed by atoms with Gasteiger partial charge < -0.3 is 5.32 Å². The standard InChI is InChI=1S/C13H23NO2S2/c1-4-8-11(14-6-3)12(5-2)18(15,16)13-9-7-10-17-13/h7,9-12,14H,4-6,8H2,1-3H3. The van der Waals surface area contributed by atoms with Gasteiger partial charge in [-0.05, 0) is 30.8 Å². The van der Waals surface area contributed by atoms with Crippen LogP contribution in [0.25, 0.3) is 0 Å². The fraction of sp³-hybridized carbons (Fsp3) is 0.692. The van der Waals surface area contributed by atoms with Gasteiger partial charge in [0, 0.05) is 6.04 Å². The van der Waals surface area contributed by atoms with E-state index in [0.717, 1.165) is 19.4 Å². The van der Waals surface area contributed by atoms with Crippen molar-refractivity contribution in [3.05, 3.63) is 17.5 Å². The van der Waals surface area contributed by atoms with Gasteiger partial charge in [-0.3, -0.25) is 0 Å². The van der Waals surface area contributed by atoms with Gasteiger partial charge in [0.15, 0.2) is 9.84 Å². The topological polar surface area (TPSA) is 46.2 Å². The van der Waals surface area contributed by atoms with Gasteiger partial charge >= 0.3 is 0 Å². The van der Waals surface area contributed by atoms with E-state index in [1.54, 1.807) is 12.1 Å². The quantitative estimate of drug-likeness (QED) is 0.800. The minimum Gasteiger partial charge on any atom is -0.313 e. The summed E-state index contributed by atoms with van der Waals surface area (Å²) in [6, 6.07) is 3.56. The van der Waals surface area contributed by atoms with E-state index < -0.39 is 9.84 Å². The molecule has 0 saturated heterocycles. The molecule has 0 radical (unpaired) electrons. The zero-order chi connectivity index (χ0) is 13.6. The van der Waals surface area contributed by atoms with Gasteiger partial charge in [0.05, 0.1) is 5.25 Å². The highest BCUT2D eigenvalue weighted by atomic mass is 32.2. The first kappa shape index (κ1) is 15.7. The van der Waals surface area contributed by atoms with E-state index in [0.29, 0.717) is 10.6 Å². The molecule has 0 aliphatic heterocycles. The highest BCUT2D eigenvalue weighted by Crippen LogP contribution is 2.26. The van der Waals surface area contributed by atoms with Crippen LogP contribution in [0.4, 0.5) is 0 Å². The number of thiophene rings is 1. The van der Waals surface area contributed by atoms with Crippen molar-refractivity contribution in [2.75, 3.05) is 6.54 Å². The number of rotatable bonds is 8. The Bertz CT molecular complexity index is 420. The molecule has 0 bridgehead atoms. The maximum Gasteiger partial charge on any atom is 0.192 e. The lowest BCUT2D eigenvalue weighted by Gasteiger charge is -2.26. The fourth-order valence-corrected chi connectivity index (χ4v) is 5.48. The molecule has 1 aromatic heterocycles. The Kier molecular flexibility index (Phi) is 6.32. The average molecular weight is 289 g/mol. The predicted octanol–water partition coefficient (Wildman–Crippen LogP) is 3.08. The summed E-state index contributed by atoms with van der Waals surface area (Å²) in [6.45, 7) is 6.87. The van der Waals surface area contributed by atoms with Crippen molar-refractivity contribution in [3.63, 3.8) is 0 Å². The molecule has 2 unspecified atom stereocenters. The van der Waals surface area contributed by atoms with Crippen molar-refractivity contribution >= 4 is 21.2 Å². The molecule has 5 heteroatoms. The van der Waals surface area contributed by atoms with E-state index in [9.17, 15) is 8.42 Å². The zero-order valence-corrected chi connectivity index (χ0v) is 13.0. The van der Waals surface area contributed by atoms with Crippen molar-refractivity contribution in [2.45, 2.75) is 55.5 Å². The minimum atomic E-state index is -3.20. The van der Waals surface area contributed by atoms with Gasteiger partial charge in [0.2, 0.25) is 0 Å². The molecule has 18 heavy (non-hydrogen) atoms. The van der Waals surface area contributed by atoms with E-state index in [1.165, 1.54) is 11.3 Å². The highest BCUT2D eigenvalue weighted by Gasteiger charge is 2.32. The Morgan fingerprint density at radius 3 is 2.50 bits per heavy atom. The van der Waals surface area contributed by atoms with Crippen molar-refractivity contribution in [2.24, 2.45) is 0 Å². The molecule has 0 aliphatic rings. The van der Waals surface area contributed by atoms with Crippen molar-refractivity contribution in [3.8, 4) is 0 Å². The van der Waals surface area contributed by atoms with Gasteiger partial charge in [-0.15, -0.1) is 11.3 Å². The van der Waals surface area contributed by atoms with E-state index in [1.807, 2.05) is 19.2 Å². The molecule has 0 amide bonds. The zero-order valence-electron chi connectivity index (χ0n) is 11.3. The van der Waals surface area contributed by atoms with Crippen LogP contribution in [0.2, 0.25) is 0 Å². The molecule has 1 heterocycles. The second-order valence-electron chi connectivity index (χ2n) is 4.38. The largest absolute Gasteiger partial charge is 0.313 e. The van der Waals surface area contributed by atoms with Crippen LogP contribution in [0.15, 0.2) is 21.7 Å². The van der Waals surface area contributed by atoms with Crippen LogP contribution >= 0.6 is 11.3 Å². The number of sulfone groups is 1. The molecule has 1 rings (SSSR count). The Morgan fingerprint density at radius 2 is 2.06 bits per heavy atom. The van der Waals surface area contributed by atoms with E-state index in [-0.39, 0.29) is 11.3 Å². The fourth-order valence-electron chi connectivity index (χ4n) is 2.29. The normalized spacial score (nSPS) is 15.5. The molecule has 1 aromatic rings. The smallest absolute Gasteiger partial charge is 0.192 e. The van der Waals surface area contributed by atoms with Crippen LogP contribution in [0.1, 0.15) is 40.0 Å². The summed E-state index contributed by atoms with van der Waals surface area (Å²) in [6.07, 6.45) is 2.54. The summed E-state index contributed by atoms with van der Waals surface area (Å²) < 4.78 is 25.7. The third-order valence-electron chi connectivity index (χ3n) is 3.09. The van der Waals surface area contributed by atoms with Crippen molar-refractivity contribution < 1.29 is 8.42 Å². The van der Waals surface area contributed by atoms with Crippen LogP contribution in [-0.4, -0.2) is 26.3 Å². The molecule has 0 saturated carbocycles. The van der Waals surface area contributed by atoms with Crippen LogP contribution in [0.3, 0.4) is 0 Å². The number of nitrogens with one attached hydrogen (secondary N) is 1. The Hall–Kier alpha value is -0.390. The molecule has 3 nitrogen and oxygen atoms in total. The number of hydrogen-bond acceptors (Lipinski definition) is 4. The summed E-state index contributed by atoms with van der Waals surface area (Å²) in [7, 11) is -3.20. The first-order valence-corrected chi connectivity index (χ1v) is 9.01. The van der Waals surface area contributed by atoms with Crippen LogP contribution < -0.4 is 5.32 Å². The van der Waals surface area contributed by atoms with Gasteiger partial charge in [-0.1, -0.05) is 33.3 Å². The summed E-state index contributed by atoms with van der Waals surface area (Å²) >= 11 is 1.31. The Balaban J connectivity index is 3.00. The molecule has 0 fully saturated rings. The molecule has 0 aromatic carbocycles. The highest BCUT2D eigenvalue weighted by molar-refractivity contribution is 7.94. The maximum absolute atomic E-state index is 12.6. The van der Waals surface area contributed by atoms with E-state index >= 15 is 0 Å². The molecule has 0 aliphatic carbocycles. The van der Waals surface area contributed by atoms with Gasteiger partial charge in [-0.25, -0.2) is 8.42 Å². The van der Waals surface area contributed by atoms with Gasteiger partial charge in [0.1, 0.15) is 4.21 Å². The SMILES string of the molecule is CCCC(NCC)C(CC)S(=O)(=O)c1cccs1. The summed E-state index contributed by atoms with van der Waals surface area (Å²) in [5.41, 5.74) is 0. The third kappa shape index (κ3) is 3.56. The van der Waals surface area contributed by atoms with Gasteiger partial charge in [-0.2, -0.15) is 0 Å². The lowest BCUT2D eigenvalue weighted by molar-refractivity contribution is 0.445. The summed E-state index contributed by atoms with van der Waals surface area (Å²) in [5, 5.41) is 4.83. The first-order chi connectivity index (χ1) is 8.57. The molecule has 0 spiro atoms. The summed E-state index contributed by atoms with van der Waals surface area (Å²) in [5.74, 6) is 0. The van der Waals surface area contributed by atoms with Crippen LogP contribution in [0, 0.1) is 0 Å². The predicted molar refractivity (Wildman–Crippen MR) is 78.0 cm³/mol. The average Bonchev–Trinajstić information content (AvgIpc) is 2.84. The van der Waals surface area contributed by atoms with Crippen molar-refractivity contribution in [1.29, 1.82) is 0 Å². The second kappa shape index (κ2) is 7.26. The van der Waals surface area contributed by atoms with Crippen LogP contribution in [-0.2, 0) is 9.84 Å². The molecule has 1 N–H and O–H groups in total. The monoisotopic (exact) mass is 289 g/mol. The molecule has 2 atom stereocenters. The lowest BCUT2D eigenvalue weighted by atomic mass is 10.1. The van der Waals surface area contributed by atoms with Crippen molar-refractivity contribution in [1.82, 2.24) is 5.32 Å². The molecular formula is C13H23NO2S2.